The van der Waals surface area contributed by atoms with Gasteiger partial charge in [-0.05, 0) is 93.6 Å². The molecule has 402 valence electrons. The van der Waals surface area contributed by atoms with Crippen molar-refractivity contribution in [2.75, 3.05) is 74.7 Å². The average Bonchev–Trinajstić information content (AvgIpc) is 3.98. The first-order chi connectivity index (χ1) is 35.5. The topological polar surface area (TPSA) is 250 Å². The van der Waals surface area contributed by atoms with Crippen LogP contribution in [0.5, 0.6) is 0 Å². The van der Waals surface area contributed by atoms with E-state index in [4.69, 9.17) is 9.47 Å². The van der Waals surface area contributed by atoms with Gasteiger partial charge < -0.3 is 50.5 Å². The van der Waals surface area contributed by atoms with Crippen molar-refractivity contribution in [3.8, 4) is 10.4 Å². The maximum Gasteiger partial charge on any atom is 0.248 e. The van der Waals surface area contributed by atoms with Crippen LogP contribution in [0.4, 0.5) is 28.8 Å². The van der Waals surface area contributed by atoms with Crippen molar-refractivity contribution in [2.24, 2.45) is 5.41 Å². The number of hydrogen-bond donors (Lipinski definition) is 6. The lowest BCUT2D eigenvalue weighted by Gasteiger charge is -2.36. The number of nitrogens with one attached hydrogen (secondary N) is 5. The van der Waals surface area contributed by atoms with Crippen LogP contribution in [0.25, 0.3) is 10.4 Å². The molecular weight excluding hydrogens is 999 g/mol. The minimum absolute atomic E-state index is 0.0362. The molecule has 2 aliphatic rings. The summed E-state index contributed by atoms with van der Waals surface area (Å²) in [5, 5.41) is 22.7. The zero-order valence-corrected chi connectivity index (χ0v) is 45.4. The number of anilines is 5. The number of benzene rings is 3. The molecule has 3 atom stereocenters. The lowest BCUT2D eigenvalue weighted by Crippen LogP contribution is -2.58. The summed E-state index contributed by atoms with van der Waals surface area (Å²) in [6.45, 7) is 16.7. The molecule has 5 aromatic rings. The Bertz CT molecular complexity index is 2900. The van der Waals surface area contributed by atoms with Gasteiger partial charge in [-0.25, -0.2) is 23.1 Å². The van der Waals surface area contributed by atoms with Crippen LogP contribution in [-0.2, 0) is 45.2 Å². The molecule has 0 aliphatic carbocycles. The van der Waals surface area contributed by atoms with Crippen LogP contribution >= 0.6 is 11.3 Å². The second-order valence-electron chi connectivity index (χ2n) is 20.8. The largest absolute Gasteiger partial charge is 0.391 e. The Labute approximate surface area is 443 Å². The van der Waals surface area contributed by atoms with Gasteiger partial charge in [0.2, 0.25) is 39.6 Å². The van der Waals surface area contributed by atoms with Crippen LogP contribution in [0.15, 0.2) is 89.4 Å². The van der Waals surface area contributed by atoms with Crippen LogP contribution in [0, 0.1) is 19.3 Å². The van der Waals surface area contributed by atoms with E-state index in [0.717, 1.165) is 38.6 Å². The lowest BCUT2D eigenvalue weighted by molar-refractivity contribution is -0.144. The number of aromatic nitrogens is 3. The molecule has 2 saturated heterocycles. The van der Waals surface area contributed by atoms with Crippen LogP contribution in [0.3, 0.4) is 0 Å². The first-order valence-electron chi connectivity index (χ1n) is 24.9. The highest BCUT2D eigenvalue weighted by atomic mass is 32.2. The van der Waals surface area contributed by atoms with Gasteiger partial charge in [0.15, 0.2) is 0 Å². The summed E-state index contributed by atoms with van der Waals surface area (Å²) in [4.78, 5) is 73.5. The van der Waals surface area contributed by atoms with Gasteiger partial charge in [-0.15, -0.1) is 11.3 Å². The molecule has 0 saturated carbocycles. The fraction of sp³-hybridized carbons (Fsp3) is 0.453. The molecule has 2 aliphatic heterocycles. The summed E-state index contributed by atoms with van der Waals surface area (Å²) >= 11 is 1.56. The summed E-state index contributed by atoms with van der Waals surface area (Å²) in [6, 6.07) is 20.3. The smallest absolute Gasteiger partial charge is 0.248 e. The van der Waals surface area contributed by atoms with E-state index in [2.05, 4.69) is 45.8 Å². The molecule has 6 N–H and O–H groups in total. The standard InChI is InChI=1S/C53H69N11O9S2/c1-34-28-55-51(60-48(34)57-39-10-9-11-42(26-39)75(70,71)61-53(6,7)8)58-38-16-18-40(19-17-38)62-20-22-63(23-21-62)45(67)32-73-25-24-72-31-44(66)59-47(52(3,4)5)50(69)64-30-41(65)27-43(64)49(68)54-29-36-12-14-37(15-13-36)46-35(2)56-33-74-46/h9-19,26,28,33,41,43,47,61,65H,20-25,27,29-32H2,1-8H3,(H,54,68)(H,59,66)(H2,55,57,58,60)/t41-,43+,47?/m1/s1. The van der Waals surface area contributed by atoms with E-state index in [0.29, 0.717) is 43.6 Å². The van der Waals surface area contributed by atoms with Crippen LogP contribution in [-0.4, -0.2) is 145 Å². The van der Waals surface area contributed by atoms with E-state index in [1.165, 1.54) is 4.90 Å². The fourth-order valence-electron chi connectivity index (χ4n) is 8.58. The predicted octanol–water partition coefficient (Wildman–Crippen LogP) is 5.27. The van der Waals surface area contributed by atoms with Crippen molar-refractivity contribution >= 4 is 73.8 Å². The van der Waals surface area contributed by atoms with Crippen LogP contribution in [0.1, 0.15) is 64.8 Å². The number of hydrogen-bond acceptors (Lipinski definition) is 16. The number of amides is 4. The van der Waals surface area contributed by atoms with Crippen LogP contribution < -0.4 is 30.9 Å². The molecule has 22 heteroatoms. The van der Waals surface area contributed by atoms with Gasteiger partial charge in [0.05, 0.1) is 40.3 Å². The molecule has 0 spiro atoms. The number of carbonyl (C=O) groups is 4. The summed E-state index contributed by atoms with van der Waals surface area (Å²) in [6.07, 6.45) is 0.859. The van der Waals surface area contributed by atoms with Crippen LogP contribution in [0.2, 0.25) is 0 Å². The van der Waals surface area contributed by atoms with E-state index < -0.39 is 56.9 Å². The quantitative estimate of drug-likeness (QED) is 0.0544. The Balaban J connectivity index is 0.798. The zero-order chi connectivity index (χ0) is 54.1. The van der Waals surface area contributed by atoms with E-state index >= 15 is 0 Å². The molecule has 7 rings (SSSR count). The third-order valence-electron chi connectivity index (χ3n) is 12.5. The van der Waals surface area contributed by atoms with Crippen molar-refractivity contribution in [3.63, 3.8) is 0 Å². The van der Waals surface area contributed by atoms with Crippen molar-refractivity contribution in [1.29, 1.82) is 0 Å². The average molecular weight is 1070 g/mol. The van der Waals surface area contributed by atoms with Crippen molar-refractivity contribution < 1.29 is 42.2 Å². The first-order valence-corrected chi connectivity index (χ1v) is 27.2. The monoisotopic (exact) mass is 1070 g/mol. The lowest BCUT2D eigenvalue weighted by atomic mass is 9.85. The maximum absolute atomic E-state index is 14.0. The second kappa shape index (κ2) is 24.4. The number of aryl methyl sites for hydroxylation is 2. The molecule has 2 fully saturated rings. The molecular formula is C53H69N11O9S2. The van der Waals surface area contributed by atoms with E-state index in [-0.39, 0.29) is 56.7 Å². The van der Waals surface area contributed by atoms with E-state index in [1.54, 1.807) is 73.0 Å². The van der Waals surface area contributed by atoms with Crippen molar-refractivity contribution in [2.45, 2.75) is 97.0 Å². The number of thiazole rings is 1. The Kier molecular flexibility index (Phi) is 18.3. The highest BCUT2D eigenvalue weighted by Crippen LogP contribution is 2.30. The Morgan fingerprint density at radius 2 is 1.55 bits per heavy atom. The summed E-state index contributed by atoms with van der Waals surface area (Å²) in [5.74, 6) is -0.680. The highest BCUT2D eigenvalue weighted by molar-refractivity contribution is 7.89. The molecule has 0 bridgehead atoms. The number of rotatable bonds is 20. The first kappa shape index (κ1) is 56.2. The Morgan fingerprint density at radius 3 is 2.20 bits per heavy atom. The normalized spacial score (nSPS) is 16.6. The third kappa shape index (κ3) is 15.5. The molecule has 75 heavy (non-hydrogen) atoms. The third-order valence-corrected chi connectivity index (χ3v) is 15.2. The zero-order valence-electron chi connectivity index (χ0n) is 43.8. The number of β-amino-alcohol motifs (C(OH)–C–C–N with tert-alkyl or cyclic N) is 1. The number of likely N-dealkylation sites (tertiary alicyclic amines) is 1. The van der Waals surface area contributed by atoms with Gasteiger partial charge in [0.25, 0.3) is 0 Å². The highest BCUT2D eigenvalue weighted by Gasteiger charge is 2.44. The fourth-order valence-corrected chi connectivity index (χ4v) is 10.9. The van der Waals surface area contributed by atoms with Gasteiger partial charge in [-0.1, -0.05) is 51.1 Å². The minimum atomic E-state index is -3.73. The predicted molar refractivity (Wildman–Crippen MR) is 288 cm³/mol. The second-order valence-corrected chi connectivity index (χ2v) is 23.4. The summed E-state index contributed by atoms with van der Waals surface area (Å²) in [5.41, 5.74) is 6.39. The number of aliphatic hydroxyl groups excluding tert-OH is 1. The molecule has 4 heterocycles. The van der Waals surface area contributed by atoms with Crippen molar-refractivity contribution in [3.05, 3.63) is 101 Å². The van der Waals surface area contributed by atoms with E-state index in [1.807, 2.05) is 83.1 Å². The van der Waals surface area contributed by atoms with E-state index in [9.17, 15) is 32.7 Å². The number of sulfonamides is 1. The Morgan fingerprint density at radius 1 is 0.853 bits per heavy atom. The van der Waals surface area contributed by atoms with Gasteiger partial charge in [-0.2, -0.15) is 4.98 Å². The minimum Gasteiger partial charge on any atom is -0.391 e. The SMILES string of the molecule is Cc1cnc(Nc2ccc(N3CCN(C(=O)COCCOCC(=O)NC(C(=O)N4C[C@H](O)C[C@H]4C(=O)NCc4ccc(-c5scnc5C)cc4)C(C)(C)C)CC3)cc2)nc1Nc1cccc(S(=O)(=O)NC(C)(C)C)c1. The number of nitrogens with zero attached hydrogens (tertiary/aromatic N) is 6. The Hall–Kier alpha value is -6.56. The van der Waals surface area contributed by atoms with Gasteiger partial charge in [-0.3, -0.25) is 19.2 Å². The molecule has 3 aromatic carbocycles. The molecule has 2 aromatic heterocycles. The van der Waals surface area contributed by atoms with Gasteiger partial charge in [0.1, 0.15) is 31.1 Å². The molecule has 4 amide bonds. The summed E-state index contributed by atoms with van der Waals surface area (Å²) < 4.78 is 39.7. The number of aliphatic hydroxyl groups is 1. The van der Waals surface area contributed by atoms with Gasteiger partial charge >= 0.3 is 0 Å². The van der Waals surface area contributed by atoms with Crippen molar-refractivity contribution in [1.82, 2.24) is 40.1 Å². The molecule has 0 radical (unpaired) electrons. The molecule has 20 nitrogen and oxygen atoms in total. The number of ether oxygens (including phenoxy) is 2. The molecule has 1 unspecified atom stereocenters. The number of piperazine rings is 1. The number of carbonyl (C=O) groups excluding carboxylic acids is 4. The summed E-state index contributed by atoms with van der Waals surface area (Å²) in [7, 11) is -3.73. The van der Waals surface area contributed by atoms with Gasteiger partial charge in [0, 0.05) is 80.1 Å². The maximum atomic E-state index is 14.0.